The smallest absolute Gasteiger partial charge is 0.322 e. The van der Waals surface area contributed by atoms with Crippen LogP contribution in [0.1, 0.15) is 26.7 Å². The van der Waals surface area contributed by atoms with Crippen LogP contribution in [0.2, 0.25) is 0 Å². The van der Waals surface area contributed by atoms with Gasteiger partial charge in [0.2, 0.25) is 0 Å². The lowest BCUT2D eigenvalue weighted by molar-refractivity contribution is -0.143. The summed E-state index contributed by atoms with van der Waals surface area (Å²) in [5, 5.41) is 13.2. The van der Waals surface area contributed by atoms with Crippen LogP contribution >= 0.6 is 0 Å². The average molecular weight is 231 g/mol. The third-order valence-electron chi connectivity index (χ3n) is 3.21. The van der Waals surface area contributed by atoms with Crippen LogP contribution in [0, 0.1) is 0 Å². The molecular weight excluding hydrogens is 210 g/mol. The summed E-state index contributed by atoms with van der Waals surface area (Å²) in [5.74, 6) is -0.294. The lowest BCUT2D eigenvalue weighted by Gasteiger charge is -2.28. The van der Waals surface area contributed by atoms with Crippen molar-refractivity contribution in [1.82, 2.24) is 5.32 Å². The number of esters is 1. The molecule has 1 saturated heterocycles. The number of rotatable bonds is 5. The van der Waals surface area contributed by atoms with Gasteiger partial charge < -0.3 is 19.9 Å². The number of hydrogen-bond donors (Lipinski definition) is 2. The maximum Gasteiger partial charge on any atom is 0.322 e. The van der Waals surface area contributed by atoms with Gasteiger partial charge in [-0.25, -0.2) is 0 Å². The van der Waals surface area contributed by atoms with E-state index in [0.717, 1.165) is 0 Å². The Labute approximate surface area is 96.1 Å². The first-order chi connectivity index (χ1) is 7.53. The van der Waals surface area contributed by atoms with Gasteiger partial charge in [-0.15, -0.1) is 0 Å². The monoisotopic (exact) mass is 231 g/mol. The summed E-state index contributed by atoms with van der Waals surface area (Å²) in [4.78, 5) is 11.3. The SMILES string of the molecule is CCC(NCC1(O)CCOC1C)C(=O)OC. The Morgan fingerprint density at radius 3 is 2.88 bits per heavy atom. The normalized spacial score (nSPS) is 31.4. The fourth-order valence-electron chi connectivity index (χ4n) is 1.84. The molecule has 0 aromatic rings. The predicted octanol–water partition coefficient (Wildman–Crippen LogP) is 0.0675. The summed E-state index contributed by atoms with van der Waals surface area (Å²) in [5.41, 5.74) is -0.874. The molecule has 16 heavy (non-hydrogen) atoms. The van der Waals surface area contributed by atoms with E-state index in [9.17, 15) is 9.90 Å². The van der Waals surface area contributed by atoms with Crippen molar-refractivity contribution in [2.45, 2.75) is 44.4 Å². The minimum absolute atomic E-state index is 0.199. The molecule has 0 saturated carbocycles. The third kappa shape index (κ3) is 2.93. The zero-order valence-corrected chi connectivity index (χ0v) is 10.2. The zero-order chi connectivity index (χ0) is 12.2. The molecular formula is C11H21NO4. The van der Waals surface area contributed by atoms with E-state index < -0.39 is 5.60 Å². The molecule has 1 aliphatic rings. The van der Waals surface area contributed by atoms with E-state index in [1.165, 1.54) is 7.11 Å². The highest BCUT2D eigenvalue weighted by atomic mass is 16.5. The van der Waals surface area contributed by atoms with Crippen molar-refractivity contribution >= 4 is 5.97 Å². The zero-order valence-electron chi connectivity index (χ0n) is 10.2. The minimum Gasteiger partial charge on any atom is -0.468 e. The Bertz CT molecular complexity index is 246. The second-order valence-electron chi connectivity index (χ2n) is 4.23. The molecule has 1 rings (SSSR count). The van der Waals surface area contributed by atoms with Crippen LogP contribution < -0.4 is 5.32 Å². The van der Waals surface area contributed by atoms with Gasteiger partial charge >= 0.3 is 5.97 Å². The van der Waals surface area contributed by atoms with Crippen LogP contribution in [0.15, 0.2) is 0 Å². The molecule has 0 aromatic heterocycles. The van der Waals surface area contributed by atoms with Gasteiger partial charge in [-0.2, -0.15) is 0 Å². The first-order valence-electron chi connectivity index (χ1n) is 5.68. The van der Waals surface area contributed by atoms with Crippen molar-refractivity contribution in [2.24, 2.45) is 0 Å². The highest BCUT2D eigenvalue weighted by Gasteiger charge is 2.39. The van der Waals surface area contributed by atoms with E-state index in [1.54, 1.807) is 0 Å². The highest BCUT2D eigenvalue weighted by molar-refractivity contribution is 5.75. The summed E-state index contributed by atoms with van der Waals surface area (Å²) in [6.07, 6.45) is 1.03. The van der Waals surface area contributed by atoms with E-state index in [-0.39, 0.29) is 18.1 Å². The van der Waals surface area contributed by atoms with Crippen LogP contribution in [0.5, 0.6) is 0 Å². The fraction of sp³-hybridized carbons (Fsp3) is 0.909. The molecule has 1 aliphatic heterocycles. The van der Waals surface area contributed by atoms with E-state index in [0.29, 0.717) is 26.0 Å². The van der Waals surface area contributed by atoms with Gasteiger partial charge in [-0.05, 0) is 13.3 Å². The average Bonchev–Trinajstić information content (AvgIpc) is 2.60. The Morgan fingerprint density at radius 1 is 1.75 bits per heavy atom. The van der Waals surface area contributed by atoms with Crippen molar-refractivity contribution in [3.8, 4) is 0 Å². The van der Waals surface area contributed by atoms with Gasteiger partial charge in [0.05, 0.1) is 13.2 Å². The molecule has 0 spiro atoms. The number of aliphatic hydroxyl groups is 1. The number of carbonyl (C=O) groups excluding carboxylic acids is 1. The molecule has 94 valence electrons. The molecule has 1 fully saturated rings. The topological polar surface area (TPSA) is 67.8 Å². The molecule has 0 radical (unpaired) electrons. The van der Waals surface area contributed by atoms with Crippen molar-refractivity contribution in [1.29, 1.82) is 0 Å². The summed E-state index contributed by atoms with van der Waals surface area (Å²) >= 11 is 0. The molecule has 0 aliphatic carbocycles. The summed E-state index contributed by atoms with van der Waals surface area (Å²) in [6.45, 7) is 4.65. The van der Waals surface area contributed by atoms with Gasteiger partial charge in [0.25, 0.3) is 0 Å². The highest BCUT2D eigenvalue weighted by Crippen LogP contribution is 2.24. The second kappa shape index (κ2) is 5.61. The molecule has 5 heteroatoms. The first kappa shape index (κ1) is 13.4. The Hall–Kier alpha value is -0.650. The molecule has 2 N–H and O–H groups in total. The predicted molar refractivity (Wildman–Crippen MR) is 59.1 cm³/mol. The molecule has 1 heterocycles. The molecule has 5 nitrogen and oxygen atoms in total. The van der Waals surface area contributed by atoms with Crippen LogP contribution in [-0.4, -0.2) is 49.1 Å². The maximum absolute atomic E-state index is 11.3. The summed E-state index contributed by atoms with van der Waals surface area (Å²) in [7, 11) is 1.36. The van der Waals surface area contributed by atoms with Crippen molar-refractivity contribution in [3.63, 3.8) is 0 Å². The minimum atomic E-state index is -0.874. The first-order valence-corrected chi connectivity index (χ1v) is 5.68. The van der Waals surface area contributed by atoms with Crippen LogP contribution in [0.25, 0.3) is 0 Å². The Morgan fingerprint density at radius 2 is 2.44 bits per heavy atom. The number of ether oxygens (including phenoxy) is 2. The van der Waals surface area contributed by atoms with Crippen LogP contribution in [0.3, 0.4) is 0 Å². The lowest BCUT2D eigenvalue weighted by atomic mass is 9.96. The van der Waals surface area contributed by atoms with Gasteiger partial charge in [0, 0.05) is 19.6 Å². The quantitative estimate of drug-likeness (QED) is 0.655. The molecule has 0 aromatic carbocycles. The van der Waals surface area contributed by atoms with Gasteiger partial charge in [-0.3, -0.25) is 4.79 Å². The summed E-state index contributed by atoms with van der Waals surface area (Å²) < 4.78 is 9.98. The third-order valence-corrected chi connectivity index (χ3v) is 3.21. The summed E-state index contributed by atoms with van der Waals surface area (Å²) in [6, 6.07) is -0.359. The number of methoxy groups -OCH3 is 1. The van der Waals surface area contributed by atoms with Crippen molar-refractivity contribution in [2.75, 3.05) is 20.3 Å². The standard InChI is InChI=1S/C11H21NO4/c1-4-9(10(13)15-3)12-7-11(14)5-6-16-8(11)2/h8-9,12,14H,4-7H2,1-3H3. The number of nitrogens with one attached hydrogen (secondary N) is 1. The molecule has 3 unspecified atom stereocenters. The van der Waals surface area contributed by atoms with E-state index in [1.807, 2.05) is 13.8 Å². The van der Waals surface area contributed by atoms with Crippen LogP contribution in [-0.2, 0) is 14.3 Å². The molecule has 0 bridgehead atoms. The van der Waals surface area contributed by atoms with E-state index in [2.05, 4.69) is 10.1 Å². The Kier molecular flexibility index (Phi) is 4.70. The molecule has 3 atom stereocenters. The largest absolute Gasteiger partial charge is 0.468 e. The molecule has 0 amide bonds. The van der Waals surface area contributed by atoms with Crippen molar-refractivity contribution < 1.29 is 19.4 Å². The number of hydrogen-bond acceptors (Lipinski definition) is 5. The second-order valence-corrected chi connectivity index (χ2v) is 4.23. The van der Waals surface area contributed by atoms with Gasteiger partial charge in [-0.1, -0.05) is 6.92 Å². The fourth-order valence-corrected chi connectivity index (χ4v) is 1.84. The van der Waals surface area contributed by atoms with Crippen molar-refractivity contribution in [3.05, 3.63) is 0 Å². The lowest BCUT2D eigenvalue weighted by Crippen LogP contribution is -2.50. The number of carbonyl (C=O) groups is 1. The van der Waals surface area contributed by atoms with E-state index in [4.69, 9.17) is 4.74 Å². The Balaban J connectivity index is 2.46. The van der Waals surface area contributed by atoms with Gasteiger partial charge in [0.1, 0.15) is 11.6 Å². The maximum atomic E-state index is 11.3. The van der Waals surface area contributed by atoms with Crippen LogP contribution in [0.4, 0.5) is 0 Å². The van der Waals surface area contributed by atoms with Gasteiger partial charge in [0.15, 0.2) is 0 Å². The van der Waals surface area contributed by atoms with E-state index >= 15 is 0 Å².